The first-order valence-corrected chi connectivity index (χ1v) is 4.39. The molecule has 80 valence electrons. The molecule has 2 heterocycles. The van der Waals surface area contributed by atoms with E-state index in [0.29, 0.717) is 11.0 Å². The summed E-state index contributed by atoms with van der Waals surface area (Å²) in [5, 5.41) is 4.37. The largest absolute Gasteiger partial charge is 0.434 e. The van der Waals surface area contributed by atoms with Gasteiger partial charge in [0.2, 0.25) is 0 Å². The number of rotatable bonds is 2. The van der Waals surface area contributed by atoms with E-state index in [1.807, 2.05) is 0 Å². The first-order valence-electron chi connectivity index (χ1n) is 4.01. The molecule has 2 aromatic rings. The number of aromatic nitrogens is 3. The smallest absolute Gasteiger partial charge is 0.387 e. The van der Waals surface area contributed by atoms with Gasteiger partial charge in [-0.15, -0.1) is 0 Å². The third kappa shape index (κ3) is 1.85. The van der Waals surface area contributed by atoms with Gasteiger partial charge in [-0.1, -0.05) is 11.6 Å². The van der Waals surface area contributed by atoms with Gasteiger partial charge in [0, 0.05) is 13.1 Å². The molecule has 0 bridgehead atoms. The summed E-state index contributed by atoms with van der Waals surface area (Å²) in [7, 11) is 1.64. The van der Waals surface area contributed by atoms with Crippen molar-refractivity contribution in [3.63, 3.8) is 0 Å². The topological polar surface area (TPSA) is 39.9 Å². The van der Waals surface area contributed by atoms with E-state index in [1.165, 1.54) is 16.9 Å². The van der Waals surface area contributed by atoms with Crippen molar-refractivity contribution in [2.75, 3.05) is 0 Å². The van der Waals surface area contributed by atoms with E-state index >= 15 is 0 Å². The average Bonchev–Trinajstić information content (AvgIpc) is 2.47. The third-order valence-corrected chi connectivity index (χ3v) is 2.05. The van der Waals surface area contributed by atoms with Gasteiger partial charge >= 0.3 is 6.61 Å². The van der Waals surface area contributed by atoms with E-state index in [-0.39, 0.29) is 10.9 Å². The van der Waals surface area contributed by atoms with Crippen molar-refractivity contribution in [3.05, 3.63) is 17.4 Å². The Morgan fingerprint density at radius 3 is 2.93 bits per heavy atom. The molecule has 4 nitrogen and oxygen atoms in total. The zero-order valence-corrected chi connectivity index (χ0v) is 8.37. The van der Waals surface area contributed by atoms with Crippen molar-refractivity contribution in [1.82, 2.24) is 14.8 Å². The van der Waals surface area contributed by atoms with Crippen molar-refractivity contribution < 1.29 is 13.5 Å². The Labute approximate surface area is 88.4 Å². The number of pyridine rings is 1. The molecule has 0 radical (unpaired) electrons. The molecule has 15 heavy (non-hydrogen) atoms. The maximum atomic E-state index is 12.1. The second kappa shape index (κ2) is 3.62. The van der Waals surface area contributed by atoms with Crippen LogP contribution in [0.4, 0.5) is 8.78 Å². The molecule has 2 rings (SSSR count). The second-order valence-corrected chi connectivity index (χ2v) is 3.21. The van der Waals surface area contributed by atoms with E-state index in [0.717, 1.165) is 0 Å². The maximum absolute atomic E-state index is 12.1. The number of hydrogen-bond donors (Lipinski definition) is 0. The maximum Gasteiger partial charge on any atom is 0.387 e. The van der Waals surface area contributed by atoms with Gasteiger partial charge in [0.25, 0.3) is 0 Å². The third-order valence-electron chi connectivity index (χ3n) is 1.85. The van der Waals surface area contributed by atoms with Crippen LogP contribution < -0.4 is 4.74 Å². The quantitative estimate of drug-likeness (QED) is 0.747. The van der Waals surface area contributed by atoms with Crippen LogP contribution in [0.3, 0.4) is 0 Å². The molecule has 0 N–H and O–H groups in total. The summed E-state index contributed by atoms with van der Waals surface area (Å²) in [5.74, 6) is -0.0203. The lowest BCUT2D eigenvalue weighted by molar-refractivity contribution is -0.0488. The fourth-order valence-electron chi connectivity index (χ4n) is 1.25. The highest BCUT2D eigenvalue weighted by molar-refractivity contribution is 6.30. The van der Waals surface area contributed by atoms with Gasteiger partial charge in [-0.3, -0.25) is 4.68 Å². The Kier molecular flexibility index (Phi) is 2.44. The molecular weight excluding hydrogens is 228 g/mol. The van der Waals surface area contributed by atoms with Crippen LogP contribution in [0.25, 0.3) is 11.0 Å². The van der Waals surface area contributed by atoms with E-state index < -0.39 is 6.61 Å². The number of aryl methyl sites for hydroxylation is 1. The summed E-state index contributed by atoms with van der Waals surface area (Å²) < 4.78 is 29.9. The normalized spacial score (nSPS) is 11.3. The molecule has 0 aliphatic heterocycles. The zero-order chi connectivity index (χ0) is 11.0. The summed E-state index contributed by atoms with van der Waals surface area (Å²) >= 11 is 5.66. The number of hydrogen-bond acceptors (Lipinski definition) is 3. The average molecular weight is 234 g/mol. The summed E-state index contributed by atoms with van der Waals surface area (Å²) in [5.41, 5.74) is 0.401. The summed E-state index contributed by atoms with van der Waals surface area (Å²) in [6.45, 7) is -2.90. The molecule has 0 aromatic carbocycles. The van der Waals surface area contributed by atoms with Crippen LogP contribution in [0.5, 0.6) is 5.75 Å². The van der Waals surface area contributed by atoms with Crippen molar-refractivity contribution in [1.29, 1.82) is 0 Å². The summed E-state index contributed by atoms with van der Waals surface area (Å²) in [4.78, 5) is 3.94. The van der Waals surface area contributed by atoms with Crippen LogP contribution in [0.15, 0.2) is 12.3 Å². The van der Waals surface area contributed by atoms with Crippen LogP contribution in [0.1, 0.15) is 0 Å². The second-order valence-electron chi connectivity index (χ2n) is 2.83. The molecule has 0 aliphatic rings. The molecule has 0 spiro atoms. The fraction of sp³-hybridized carbons (Fsp3) is 0.250. The van der Waals surface area contributed by atoms with Crippen LogP contribution in [-0.4, -0.2) is 21.4 Å². The minimum atomic E-state index is -2.90. The predicted octanol–water partition coefficient (Wildman–Crippen LogP) is 2.22. The monoisotopic (exact) mass is 233 g/mol. The first-order chi connectivity index (χ1) is 7.08. The molecule has 0 saturated heterocycles. The zero-order valence-electron chi connectivity index (χ0n) is 7.62. The lowest BCUT2D eigenvalue weighted by Gasteiger charge is -2.05. The van der Waals surface area contributed by atoms with Gasteiger partial charge in [-0.2, -0.15) is 13.9 Å². The Hall–Kier alpha value is -1.43. The Bertz CT molecular complexity index is 500. The van der Waals surface area contributed by atoms with E-state index in [9.17, 15) is 8.78 Å². The molecule has 0 fully saturated rings. The summed E-state index contributed by atoms with van der Waals surface area (Å²) in [6, 6.07) is 1.23. The van der Waals surface area contributed by atoms with Crippen LogP contribution >= 0.6 is 11.6 Å². The van der Waals surface area contributed by atoms with E-state index in [1.54, 1.807) is 7.05 Å². The van der Waals surface area contributed by atoms with Crippen molar-refractivity contribution in [3.8, 4) is 5.75 Å². The minimum Gasteiger partial charge on any atom is -0.434 e. The molecule has 7 heteroatoms. The lowest BCUT2D eigenvalue weighted by atomic mass is 10.3. The number of fused-ring (bicyclic) bond motifs is 1. The number of nitrogens with zero attached hydrogens (tertiary/aromatic N) is 3. The minimum absolute atomic E-state index is 0.0203. The molecule has 2 aromatic heterocycles. The van der Waals surface area contributed by atoms with E-state index in [2.05, 4.69) is 14.8 Å². The summed E-state index contributed by atoms with van der Waals surface area (Å²) in [6.07, 6.45) is 1.40. The van der Waals surface area contributed by atoms with Gasteiger partial charge in [-0.25, -0.2) is 4.98 Å². The highest BCUT2D eigenvalue weighted by atomic mass is 35.5. The molecule has 0 unspecified atom stereocenters. The standard InChI is InChI=1S/C8H6ClF2N3O/c1-14-7-4(3-12-14)5(15-8(10)11)2-6(9)13-7/h2-3,8H,1H3. The molecule has 0 saturated carbocycles. The number of halogens is 3. The number of alkyl halides is 2. The van der Waals surface area contributed by atoms with Gasteiger partial charge in [0.05, 0.1) is 11.6 Å². The highest BCUT2D eigenvalue weighted by Crippen LogP contribution is 2.28. The van der Waals surface area contributed by atoms with Crippen molar-refractivity contribution in [2.45, 2.75) is 6.61 Å². The van der Waals surface area contributed by atoms with Crippen LogP contribution in [0, 0.1) is 0 Å². The first kappa shape index (κ1) is 10.1. The Balaban J connectivity index is 2.61. The van der Waals surface area contributed by atoms with Gasteiger partial charge < -0.3 is 4.74 Å². The van der Waals surface area contributed by atoms with Crippen molar-refractivity contribution >= 4 is 22.6 Å². The molecule has 0 amide bonds. The SMILES string of the molecule is Cn1ncc2c(OC(F)F)cc(Cl)nc21. The molecule has 0 atom stereocenters. The Morgan fingerprint density at radius 2 is 2.27 bits per heavy atom. The van der Waals surface area contributed by atoms with Crippen LogP contribution in [0.2, 0.25) is 5.15 Å². The molecular formula is C8H6ClF2N3O. The van der Waals surface area contributed by atoms with Crippen molar-refractivity contribution in [2.24, 2.45) is 7.05 Å². The Morgan fingerprint density at radius 1 is 1.53 bits per heavy atom. The van der Waals surface area contributed by atoms with Gasteiger partial charge in [0.1, 0.15) is 10.9 Å². The lowest BCUT2D eigenvalue weighted by Crippen LogP contribution is -2.03. The van der Waals surface area contributed by atoms with Crippen LogP contribution in [-0.2, 0) is 7.05 Å². The number of ether oxygens (including phenoxy) is 1. The highest BCUT2D eigenvalue weighted by Gasteiger charge is 2.13. The van der Waals surface area contributed by atoms with Gasteiger partial charge in [-0.05, 0) is 0 Å². The van der Waals surface area contributed by atoms with Gasteiger partial charge in [0.15, 0.2) is 5.65 Å². The van der Waals surface area contributed by atoms with E-state index in [4.69, 9.17) is 11.6 Å². The fourth-order valence-corrected chi connectivity index (χ4v) is 1.43. The predicted molar refractivity (Wildman–Crippen MR) is 50.2 cm³/mol. The molecule has 0 aliphatic carbocycles.